The Labute approximate surface area is 143 Å². The number of benzene rings is 2. The van der Waals surface area contributed by atoms with Gasteiger partial charge in [-0.1, -0.05) is 38.7 Å². The highest BCUT2D eigenvalue weighted by atomic mass is 79.9. The minimum Gasteiger partial charge on any atom is -0.289 e. The number of nitrogens with zero attached hydrogens (tertiary/aromatic N) is 3. The molecule has 0 aliphatic heterocycles. The highest BCUT2D eigenvalue weighted by Gasteiger charge is 2.12. The van der Waals surface area contributed by atoms with Crippen molar-refractivity contribution in [1.82, 2.24) is 0 Å². The molecule has 0 radical (unpaired) electrons. The molecule has 0 unspecified atom stereocenters. The summed E-state index contributed by atoms with van der Waals surface area (Å²) in [6, 6.07) is 11.0. The second kappa shape index (κ2) is 7.27. The van der Waals surface area contributed by atoms with Gasteiger partial charge in [0.1, 0.15) is 0 Å². The molecule has 0 spiro atoms. The summed E-state index contributed by atoms with van der Waals surface area (Å²) in [6.45, 7) is 5.97. The zero-order valence-corrected chi connectivity index (χ0v) is 14.8. The summed E-state index contributed by atoms with van der Waals surface area (Å²) in [6.07, 6.45) is 1.66. The van der Waals surface area contributed by atoms with E-state index in [2.05, 4.69) is 26.0 Å². The lowest BCUT2D eigenvalue weighted by molar-refractivity contribution is 0.103. The van der Waals surface area contributed by atoms with E-state index in [0.29, 0.717) is 5.56 Å². The Morgan fingerprint density at radius 1 is 1.13 bits per heavy atom. The van der Waals surface area contributed by atoms with Gasteiger partial charge in [0, 0.05) is 14.9 Å². The van der Waals surface area contributed by atoms with E-state index >= 15 is 0 Å². The summed E-state index contributed by atoms with van der Waals surface area (Å²) in [7, 11) is 0. The van der Waals surface area contributed by atoms with E-state index in [-0.39, 0.29) is 11.5 Å². The van der Waals surface area contributed by atoms with Crippen LogP contribution in [0.25, 0.3) is 16.5 Å². The molecule has 0 saturated carbocycles. The van der Waals surface area contributed by atoms with Crippen LogP contribution in [0.15, 0.2) is 51.7 Å². The second-order valence-corrected chi connectivity index (χ2v) is 6.28. The maximum Gasteiger partial charge on any atom is 0.195 e. The quantitative estimate of drug-likeness (QED) is 0.217. The Morgan fingerprint density at radius 3 is 2.22 bits per heavy atom. The van der Waals surface area contributed by atoms with Crippen LogP contribution in [0.1, 0.15) is 32.6 Å². The highest BCUT2D eigenvalue weighted by Crippen LogP contribution is 2.22. The third-order valence-electron chi connectivity index (χ3n) is 3.51. The molecule has 116 valence electrons. The predicted molar refractivity (Wildman–Crippen MR) is 96.2 cm³/mol. The highest BCUT2D eigenvalue weighted by molar-refractivity contribution is 9.10. The molecular formula is C18H16BrN3O. The number of Topliss-reactive ketones (excluding diaryl/α,β-unsaturated/α-hetero) is 1. The van der Waals surface area contributed by atoms with Gasteiger partial charge in [0.25, 0.3) is 0 Å². The molecule has 2 aromatic rings. The van der Waals surface area contributed by atoms with Crippen LogP contribution in [0.4, 0.5) is 0 Å². The summed E-state index contributed by atoms with van der Waals surface area (Å²) in [5, 5.41) is 3.60. The molecule has 0 amide bonds. The van der Waals surface area contributed by atoms with E-state index in [1.807, 2.05) is 32.9 Å². The van der Waals surface area contributed by atoms with E-state index in [9.17, 15) is 4.79 Å². The standard InChI is InChI=1S/C18H16BrN3O/c1-11-8-12(2)16(13(3)9-11)10-17(21-22-20)18(23)14-4-6-15(19)7-5-14/h4-10H,1-3H3/b17-10-. The Bertz CT molecular complexity index is 809. The lowest BCUT2D eigenvalue weighted by Gasteiger charge is -2.09. The van der Waals surface area contributed by atoms with Crippen LogP contribution in [0.2, 0.25) is 0 Å². The first-order valence-corrected chi connectivity index (χ1v) is 7.86. The lowest BCUT2D eigenvalue weighted by atomic mass is 9.97. The maximum atomic E-state index is 12.6. The van der Waals surface area contributed by atoms with Crippen LogP contribution in [-0.4, -0.2) is 5.78 Å². The molecule has 0 bridgehead atoms. The van der Waals surface area contributed by atoms with Crippen LogP contribution < -0.4 is 0 Å². The maximum absolute atomic E-state index is 12.6. The second-order valence-electron chi connectivity index (χ2n) is 5.37. The molecule has 0 saturated heterocycles. The van der Waals surface area contributed by atoms with Gasteiger partial charge in [0.2, 0.25) is 0 Å². The van der Waals surface area contributed by atoms with Gasteiger partial charge in [-0.2, -0.15) is 0 Å². The molecule has 0 fully saturated rings. The molecule has 0 aliphatic rings. The van der Waals surface area contributed by atoms with Gasteiger partial charge in [-0.3, -0.25) is 4.79 Å². The van der Waals surface area contributed by atoms with Gasteiger partial charge in [-0.15, -0.1) is 0 Å². The fourth-order valence-corrected chi connectivity index (χ4v) is 2.76. The molecular weight excluding hydrogens is 354 g/mol. The number of azide groups is 1. The van der Waals surface area contributed by atoms with Crippen LogP contribution in [0, 0.1) is 20.8 Å². The average molecular weight is 370 g/mol. The molecule has 0 aliphatic carbocycles. The third-order valence-corrected chi connectivity index (χ3v) is 4.04. The SMILES string of the molecule is Cc1cc(C)c(/C=C(\N=[N+]=[N-])C(=O)c2ccc(Br)cc2)c(C)c1. The normalized spacial score (nSPS) is 11.0. The summed E-state index contributed by atoms with van der Waals surface area (Å²) in [5.41, 5.74) is 13.5. The van der Waals surface area contributed by atoms with E-state index in [4.69, 9.17) is 5.53 Å². The first-order valence-electron chi connectivity index (χ1n) is 7.07. The molecule has 5 heteroatoms. The average Bonchev–Trinajstić information content (AvgIpc) is 2.49. The van der Waals surface area contributed by atoms with Crippen molar-refractivity contribution in [3.63, 3.8) is 0 Å². The smallest absolute Gasteiger partial charge is 0.195 e. The predicted octanol–water partition coefficient (Wildman–Crippen LogP) is 5.91. The third kappa shape index (κ3) is 4.09. The van der Waals surface area contributed by atoms with Gasteiger partial charge in [0.05, 0.1) is 5.70 Å². The number of ketones is 1. The molecule has 2 aromatic carbocycles. The van der Waals surface area contributed by atoms with Gasteiger partial charge < -0.3 is 0 Å². The van der Waals surface area contributed by atoms with Crippen molar-refractivity contribution in [3.05, 3.63) is 84.8 Å². The van der Waals surface area contributed by atoms with Crippen LogP contribution in [0.5, 0.6) is 0 Å². The Balaban J connectivity index is 2.52. The van der Waals surface area contributed by atoms with E-state index in [1.165, 1.54) is 0 Å². The van der Waals surface area contributed by atoms with Crippen molar-refractivity contribution in [1.29, 1.82) is 0 Å². The molecule has 0 atom stereocenters. The van der Waals surface area contributed by atoms with Crippen molar-refractivity contribution in [3.8, 4) is 0 Å². The monoisotopic (exact) mass is 369 g/mol. The molecule has 0 N–H and O–H groups in total. The Morgan fingerprint density at radius 2 is 1.70 bits per heavy atom. The molecule has 23 heavy (non-hydrogen) atoms. The summed E-state index contributed by atoms with van der Waals surface area (Å²) < 4.78 is 0.883. The zero-order chi connectivity index (χ0) is 17.0. The van der Waals surface area contributed by atoms with Gasteiger partial charge in [-0.25, -0.2) is 0 Å². The first-order chi connectivity index (χ1) is 10.9. The Kier molecular flexibility index (Phi) is 5.37. The van der Waals surface area contributed by atoms with E-state index in [0.717, 1.165) is 26.7 Å². The number of halogens is 1. The summed E-state index contributed by atoms with van der Waals surface area (Å²) in [5.74, 6) is -0.297. The van der Waals surface area contributed by atoms with Crippen LogP contribution >= 0.6 is 15.9 Å². The molecule has 4 nitrogen and oxygen atoms in total. The number of hydrogen-bond acceptors (Lipinski definition) is 2. The molecule has 2 rings (SSSR count). The number of carbonyl (C=O) groups excluding carboxylic acids is 1. The summed E-state index contributed by atoms with van der Waals surface area (Å²) in [4.78, 5) is 15.4. The fourth-order valence-electron chi connectivity index (χ4n) is 2.49. The minimum atomic E-state index is -0.297. The lowest BCUT2D eigenvalue weighted by Crippen LogP contribution is -2.02. The number of rotatable bonds is 4. The first kappa shape index (κ1) is 17.0. The molecule has 0 heterocycles. The zero-order valence-electron chi connectivity index (χ0n) is 13.2. The van der Waals surface area contributed by atoms with Crippen LogP contribution in [-0.2, 0) is 0 Å². The van der Waals surface area contributed by atoms with Crippen molar-refractivity contribution >= 4 is 27.8 Å². The van der Waals surface area contributed by atoms with Crippen molar-refractivity contribution < 1.29 is 4.79 Å². The van der Waals surface area contributed by atoms with Gasteiger partial charge >= 0.3 is 0 Å². The van der Waals surface area contributed by atoms with Gasteiger partial charge in [-0.05, 0) is 73.3 Å². The van der Waals surface area contributed by atoms with Crippen molar-refractivity contribution in [2.24, 2.45) is 5.11 Å². The minimum absolute atomic E-state index is 0.0878. The Hall–Kier alpha value is -2.36. The van der Waals surface area contributed by atoms with Crippen LogP contribution in [0.3, 0.4) is 0 Å². The fraction of sp³-hybridized carbons (Fsp3) is 0.167. The summed E-state index contributed by atoms with van der Waals surface area (Å²) >= 11 is 3.33. The number of carbonyl (C=O) groups is 1. The van der Waals surface area contributed by atoms with Gasteiger partial charge in [0.15, 0.2) is 5.78 Å². The molecule has 0 aromatic heterocycles. The van der Waals surface area contributed by atoms with E-state index < -0.39 is 0 Å². The van der Waals surface area contributed by atoms with E-state index in [1.54, 1.807) is 30.3 Å². The van der Waals surface area contributed by atoms with Crippen molar-refractivity contribution in [2.75, 3.05) is 0 Å². The van der Waals surface area contributed by atoms with Crippen molar-refractivity contribution in [2.45, 2.75) is 20.8 Å². The largest absolute Gasteiger partial charge is 0.289 e. The number of hydrogen-bond donors (Lipinski definition) is 0. The topological polar surface area (TPSA) is 65.8 Å². The number of allylic oxidation sites excluding steroid dienone is 1. The number of aryl methyl sites for hydroxylation is 3.